The molecular weight excluding hydrogens is 330 g/mol. The van der Waals surface area contributed by atoms with Crippen molar-refractivity contribution >= 4 is 21.8 Å². The van der Waals surface area contributed by atoms with Crippen LogP contribution in [0, 0.1) is 5.92 Å². The first-order valence-corrected chi connectivity index (χ1v) is 7.99. The van der Waals surface area contributed by atoms with E-state index in [9.17, 15) is 4.79 Å². The number of aryl methyl sites for hydroxylation is 1. The molecule has 0 aliphatic carbocycles. The summed E-state index contributed by atoms with van der Waals surface area (Å²) in [7, 11) is 0. The Kier molecular flexibility index (Phi) is 4.39. The molecule has 1 aliphatic heterocycles. The van der Waals surface area contributed by atoms with Crippen molar-refractivity contribution in [2.24, 2.45) is 5.92 Å². The predicted octanol–water partition coefficient (Wildman–Crippen LogP) is 2.74. The number of aromatic nitrogens is 2. The third kappa shape index (κ3) is 3.73. The molecule has 5 heteroatoms. The van der Waals surface area contributed by atoms with Gasteiger partial charge in [-0.05, 0) is 27.9 Å². The first kappa shape index (κ1) is 14.3. The van der Waals surface area contributed by atoms with Gasteiger partial charge in [0.15, 0.2) is 0 Å². The fourth-order valence-corrected chi connectivity index (χ4v) is 2.97. The molecule has 1 aliphatic rings. The average Bonchev–Trinajstić information content (AvgIpc) is 2.86. The van der Waals surface area contributed by atoms with E-state index in [2.05, 4.69) is 33.2 Å². The second kappa shape index (κ2) is 6.43. The summed E-state index contributed by atoms with van der Waals surface area (Å²) < 4.78 is 2.93. The number of hydrogen-bond acceptors (Lipinski definition) is 2. The van der Waals surface area contributed by atoms with E-state index in [-0.39, 0.29) is 5.91 Å². The molecule has 0 spiro atoms. The standard InChI is InChI=1S/C16H18BrN3O/c17-15-8-18-20(12-15)11-14-9-19(10-14)16(21)7-6-13-4-2-1-3-5-13/h1-5,8,12,14H,6-7,9-11H2. The molecule has 0 radical (unpaired) electrons. The fraction of sp³-hybridized carbons (Fsp3) is 0.375. The molecule has 0 unspecified atom stereocenters. The maximum Gasteiger partial charge on any atom is 0.222 e. The predicted molar refractivity (Wildman–Crippen MR) is 84.8 cm³/mol. The van der Waals surface area contributed by atoms with Gasteiger partial charge in [0.05, 0.1) is 10.7 Å². The number of nitrogens with zero attached hydrogens (tertiary/aromatic N) is 3. The third-order valence-electron chi connectivity index (χ3n) is 3.83. The molecule has 3 rings (SSSR count). The van der Waals surface area contributed by atoms with E-state index < -0.39 is 0 Å². The van der Waals surface area contributed by atoms with Crippen LogP contribution in [0.4, 0.5) is 0 Å². The molecule has 0 saturated carbocycles. The van der Waals surface area contributed by atoms with Gasteiger partial charge in [0.2, 0.25) is 5.91 Å². The number of carbonyl (C=O) groups is 1. The van der Waals surface area contributed by atoms with Crippen LogP contribution < -0.4 is 0 Å². The highest BCUT2D eigenvalue weighted by Gasteiger charge is 2.30. The van der Waals surface area contributed by atoms with Gasteiger partial charge in [-0.1, -0.05) is 30.3 Å². The van der Waals surface area contributed by atoms with Gasteiger partial charge in [-0.15, -0.1) is 0 Å². The lowest BCUT2D eigenvalue weighted by atomic mass is 9.99. The van der Waals surface area contributed by atoms with Crippen LogP contribution in [-0.4, -0.2) is 33.7 Å². The van der Waals surface area contributed by atoms with Gasteiger partial charge < -0.3 is 4.90 Å². The zero-order chi connectivity index (χ0) is 14.7. The fourth-order valence-electron chi connectivity index (χ4n) is 2.65. The Morgan fingerprint density at radius 3 is 2.71 bits per heavy atom. The van der Waals surface area contributed by atoms with Crippen molar-refractivity contribution in [3.63, 3.8) is 0 Å². The molecule has 2 heterocycles. The van der Waals surface area contributed by atoms with Crippen molar-refractivity contribution in [1.29, 1.82) is 0 Å². The second-order valence-corrected chi connectivity index (χ2v) is 6.45. The zero-order valence-electron chi connectivity index (χ0n) is 11.8. The van der Waals surface area contributed by atoms with E-state index in [1.807, 2.05) is 34.0 Å². The molecular formula is C16H18BrN3O. The molecule has 0 bridgehead atoms. The maximum atomic E-state index is 12.1. The van der Waals surface area contributed by atoms with Crippen molar-refractivity contribution < 1.29 is 4.79 Å². The summed E-state index contributed by atoms with van der Waals surface area (Å²) in [4.78, 5) is 14.0. The second-order valence-electron chi connectivity index (χ2n) is 5.53. The van der Waals surface area contributed by atoms with Crippen LogP contribution in [0.25, 0.3) is 0 Å². The van der Waals surface area contributed by atoms with Gasteiger partial charge in [0.25, 0.3) is 0 Å². The van der Waals surface area contributed by atoms with Crippen molar-refractivity contribution in [2.45, 2.75) is 19.4 Å². The Morgan fingerprint density at radius 2 is 2.05 bits per heavy atom. The lowest BCUT2D eigenvalue weighted by Gasteiger charge is -2.39. The number of amides is 1. The smallest absolute Gasteiger partial charge is 0.222 e. The van der Waals surface area contributed by atoms with E-state index >= 15 is 0 Å². The van der Waals surface area contributed by atoms with Crippen LogP contribution in [0.3, 0.4) is 0 Å². The first-order valence-electron chi connectivity index (χ1n) is 7.20. The topological polar surface area (TPSA) is 38.1 Å². The molecule has 1 amide bonds. The van der Waals surface area contributed by atoms with E-state index in [1.54, 1.807) is 6.20 Å². The van der Waals surface area contributed by atoms with Gasteiger partial charge >= 0.3 is 0 Å². The third-order valence-corrected chi connectivity index (χ3v) is 4.24. The molecule has 0 N–H and O–H groups in total. The summed E-state index contributed by atoms with van der Waals surface area (Å²) in [5, 5.41) is 4.25. The quantitative estimate of drug-likeness (QED) is 0.833. The SMILES string of the molecule is O=C(CCc1ccccc1)N1CC(Cn2cc(Br)cn2)C1. The van der Waals surface area contributed by atoms with Gasteiger partial charge in [0.1, 0.15) is 0 Å². The summed E-state index contributed by atoms with van der Waals surface area (Å²) in [6, 6.07) is 10.2. The van der Waals surface area contributed by atoms with Crippen LogP contribution in [0.2, 0.25) is 0 Å². The normalized spacial score (nSPS) is 15.0. The van der Waals surface area contributed by atoms with Crippen molar-refractivity contribution in [1.82, 2.24) is 14.7 Å². The Hall–Kier alpha value is -1.62. The Bertz CT molecular complexity index is 605. The largest absolute Gasteiger partial charge is 0.342 e. The number of hydrogen-bond donors (Lipinski definition) is 0. The Labute approximate surface area is 132 Å². The van der Waals surface area contributed by atoms with E-state index in [1.165, 1.54) is 5.56 Å². The van der Waals surface area contributed by atoms with Gasteiger partial charge in [-0.25, -0.2) is 0 Å². The molecule has 4 nitrogen and oxygen atoms in total. The molecule has 2 aromatic rings. The number of likely N-dealkylation sites (tertiary alicyclic amines) is 1. The lowest BCUT2D eigenvalue weighted by Crippen LogP contribution is -2.51. The summed E-state index contributed by atoms with van der Waals surface area (Å²) in [5.41, 5.74) is 1.23. The van der Waals surface area contributed by atoms with Crippen molar-refractivity contribution in [3.05, 3.63) is 52.8 Å². The maximum absolute atomic E-state index is 12.1. The monoisotopic (exact) mass is 347 g/mol. The van der Waals surface area contributed by atoms with Crippen LogP contribution >= 0.6 is 15.9 Å². The van der Waals surface area contributed by atoms with Crippen LogP contribution in [-0.2, 0) is 17.8 Å². The minimum Gasteiger partial charge on any atom is -0.342 e. The molecule has 21 heavy (non-hydrogen) atoms. The summed E-state index contributed by atoms with van der Waals surface area (Å²) >= 11 is 3.39. The number of rotatable bonds is 5. The minimum absolute atomic E-state index is 0.261. The minimum atomic E-state index is 0.261. The molecule has 1 aromatic heterocycles. The van der Waals surface area contributed by atoms with Crippen LogP contribution in [0.15, 0.2) is 47.2 Å². The molecule has 1 aromatic carbocycles. The first-order chi connectivity index (χ1) is 10.2. The zero-order valence-corrected chi connectivity index (χ0v) is 13.4. The van der Waals surface area contributed by atoms with Gasteiger partial charge in [0, 0.05) is 38.2 Å². The molecule has 1 fully saturated rings. The highest BCUT2D eigenvalue weighted by molar-refractivity contribution is 9.10. The lowest BCUT2D eigenvalue weighted by molar-refractivity contribution is -0.137. The number of halogens is 1. The number of carbonyl (C=O) groups excluding carboxylic acids is 1. The van der Waals surface area contributed by atoms with Crippen molar-refractivity contribution in [2.75, 3.05) is 13.1 Å². The van der Waals surface area contributed by atoms with E-state index in [0.29, 0.717) is 12.3 Å². The van der Waals surface area contributed by atoms with Gasteiger partial charge in [-0.3, -0.25) is 9.48 Å². The number of benzene rings is 1. The average molecular weight is 348 g/mol. The van der Waals surface area contributed by atoms with Crippen LogP contribution in [0.5, 0.6) is 0 Å². The van der Waals surface area contributed by atoms with Crippen molar-refractivity contribution in [3.8, 4) is 0 Å². The summed E-state index contributed by atoms with van der Waals surface area (Å²) in [6.07, 6.45) is 5.19. The highest BCUT2D eigenvalue weighted by Crippen LogP contribution is 2.19. The molecule has 110 valence electrons. The summed E-state index contributed by atoms with van der Waals surface area (Å²) in [5.74, 6) is 0.786. The van der Waals surface area contributed by atoms with Gasteiger partial charge in [-0.2, -0.15) is 5.10 Å². The molecule has 0 atom stereocenters. The van der Waals surface area contributed by atoms with E-state index in [4.69, 9.17) is 0 Å². The van der Waals surface area contributed by atoms with E-state index in [0.717, 1.165) is 30.5 Å². The Balaban J connectivity index is 1.40. The molecule has 1 saturated heterocycles. The summed E-state index contributed by atoms with van der Waals surface area (Å²) in [6.45, 7) is 2.59. The Morgan fingerprint density at radius 1 is 1.29 bits per heavy atom. The highest BCUT2D eigenvalue weighted by atomic mass is 79.9. The van der Waals surface area contributed by atoms with Crippen LogP contribution in [0.1, 0.15) is 12.0 Å².